The molecule has 4 aromatic carbocycles. The molecule has 4 aromatic rings. The zero-order valence-corrected chi connectivity index (χ0v) is 17.9. The monoisotopic (exact) mass is 440 g/mol. The number of ether oxygens (including phenoxy) is 1. The van der Waals surface area contributed by atoms with Gasteiger partial charge in [0.05, 0.1) is 6.61 Å². The summed E-state index contributed by atoms with van der Waals surface area (Å²) in [5.74, 6) is 8.39. The number of rotatable bonds is 3. The van der Waals surface area contributed by atoms with Crippen molar-refractivity contribution in [3.63, 3.8) is 0 Å². The summed E-state index contributed by atoms with van der Waals surface area (Å²) in [4.78, 5) is 0. The third kappa shape index (κ3) is 5.44. The molecule has 0 aromatic heterocycles. The molecule has 33 heavy (non-hydrogen) atoms. The maximum atomic E-state index is 13.8. The molecule has 0 N–H and O–H groups in total. The van der Waals surface area contributed by atoms with Crippen LogP contribution in [0.25, 0.3) is 10.8 Å². The SMILES string of the molecule is COCCc1ccc(C#Cc2ccc(C#Cc3ccc4c(F)c(F)c(F)cc4c3)cc2)cc1. The molecule has 0 amide bonds. The zero-order chi connectivity index (χ0) is 23.2. The molecule has 1 nitrogen and oxygen atoms in total. The highest BCUT2D eigenvalue weighted by Gasteiger charge is 2.13. The lowest BCUT2D eigenvalue weighted by Gasteiger charge is -2.02. The van der Waals surface area contributed by atoms with E-state index in [0.29, 0.717) is 12.2 Å². The normalized spacial score (nSPS) is 10.3. The van der Waals surface area contributed by atoms with Crippen LogP contribution in [-0.4, -0.2) is 13.7 Å². The van der Waals surface area contributed by atoms with Crippen molar-refractivity contribution in [1.29, 1.82) is 0 Å². The van der Waals surface area contributed by atoms with Gasteiger partial charge >= 0.3 is 0 Å². The van der Waals surface area contributed by atoms with Crippen molar-refractivity contribution in [2.45, 2.75) is 6.42 Å². The molecule has 4 heteroatoms. The fourth-order valence-corrected chi connectivity index (χ4v) is 3.28. The van der Waals surface area contributed by atoms with Gasteiger partial charge < -0.3 is 4.74 Å². The van der Waals surface area contributed by atoms with Gasteiger partial charge in [-0.2, -0.15) is 0 Å². The van der Waals surface area contributed by atoms with Gasteiger partial charge in [0.15, 0.2) is 17.5 Å². The Kier molecular flexibility index (Phi) is 6.79. The first kappa shape index (κ1) is 22.2. The molecule has 0 atom stereocenters. The second-order valence-corrected chi connectivity index (χ2v) is 7.44. The van der Waals surface area contributed by atoms with Crippen LogP contribution < -0.4 is 0 Å². The molecule has 0 saturated carbocycles. The van der Waals surface area contributed by atoms with E-state index in [9.17, 15) is 13.2 Å². The molecule has 0 aliphatic heterocycles. The van der Waals surface area contributed by atoms with Gasteiger partial charge in [-0.25, -0.2) is 13.2 Å². The first-order valence-electron chi connectivity index (χ1n) is 10.3. The van der Waals surface area contributed by atoms with Crippen LogP contribution in [0.1, 0.15) is 27.8 Å². The number of methoxy groups -OCH3 is 1. The van der Waals surface area contributed by atoms with Gasteiger partial charge in [-0.05, 0) is 72.0 Å². The van der Waals surface area contributed by atoms with Crippen LogP contribution in [0.2, 0.25) is 0 Å². The Morgan fingerprint density at radius 2 is 1.15 bits per heavy atom. The zero-order valence-electron chi connectivity index (χ0n) is 17.9. The lowest BCUT2D eigenvalue weighted by Crippen LogP contribution is -1.93. The average Bonchev–Trinajstić information content (AvgIpc) is 2.84. The summed E-state index contributed by atoms with van der Waals surface area (Å²) in [5.41, 5.74) is 4.36. The topological polar surface area (TPSA) is 9.23 Å². The van der Waals surface area contributed by atoms with E-state index in [1.807, 2.05) is 48.5 Å². The molecule has 0 saturated heterocycles. The Labute approximate surface area is 190 Å². The average molecular weight is 440 g/mol. The van der Waals surface area contributed by atoms with Crippen LogP contribution in [-0.2, 0) is 11.2 Å². The second-order valence-electron chi connectivity index (χ2n) is 7.44. The van der Waals surface area contributed by atoms with Gasteiger partial charge in [0.1, 0.15) is 0 Å². The van der Waals surface area contributed by atoms with E-state index in [-0.39, 0.29) is 10.8 Å². The Hall–Kier alpha value is -3.99. The minimum atomic E-state index is -1.47. The lowest BCUT2D eigenvalue weighted by molar-refractivity contribution is 0.202. The fourth-order valence-electron chi connectivity index (χ4n) is 3.28. The van der Waals surface area contributed by atoms with Crippen molar-refractivity contribution in [3.8, 4) is 23.7 Å². The maximum Gasteiger partial charge on any atom is 0.195 e. The number of hydrogen-bond acceptors (Lipinski definition) is 1. The third-order valence-electron chi connectivity index (χ3n) is 5.11. The highest BCUT2D eigenvalue weighted by atomic mass is 19.2. The minimum Gasteiger partial charge on any atom is -0.384 e. The van der Waals surface area contributed by atoms with E-state index in [1.165, 1.54) is 17.7 Å². The summed E-state index contributed by atoms with van der Waals surface area (Å²) in [6.07, 6.45) is 0.873. The smallest absolute Gasteiger partial charge is 0.195 e. The molecule has 0 radical (unpaired) electrons. The van der Waals surface area contributed by atoms with Crippen molar-refractivity contribution < 1.29 is 17.9 Å². The molecule has 0 aliphatic carbocycles. The van der Waals surface area contributed by atoms with Gasteiger partial charge in [-0.1, -0.05) is 41.9 Å². The highest BCUT2D eigenvalue weighted by molar-refractivity contribution is 5.84. The molecule has 0 heterocycles. The van der Waals surface area contributed by atoms with Gasteiger partial charge in [-0.15, -0.1) is 0 Å². The van der Waals surface area contributed by atoms with E-state index >= 15 is 0 Å². The molecule has 4 rings (SSSR count). The first-order valence-corrected chi connectivity index (χ1v) is 10.3. The van der Waals surface area contributed by atoms with E-state index < -0.39 is 17.5 Å². The van der Waals surface area contributed by atoms with Crippen LogP contribution in [0, 0.1) is 41.1 Å². The largest absolute Gasteiger partial charge is 0.384 e. The lowest BCUT2D eigenvalue weighted by atomic mass is 10.1. The highest BCUT2D eigenvalue weighted by Crippen LogP contribution is 2.23. The Morgan fingerprint density at radius 1 is 0.636 bits per heavy atom. The molecule has 0 spiro atoms. The summed E-state index contributed by atoms with van der Waals surface area (Å²) in [5, 5.41) is 0.280. The first-order chi connectivity index (χ1) is 16.0. The molecule has 0 fully saturated rings. The Balaban J connectivity index is 1.47. The molecule has 0 bridgehead atoms. The predicted octanol–water partition coefficient (Wildman–Crippen LogP) is 6.25. The summed E-state index contributed by atoms with van der Waals surface area (Å²) in [7, 11) is 1.69. The van der Waals surface area contributed by atoms with Crippen molar-refractivity contribution >= 4 is 10.8 Å². The second kappa shape index (κ2) is 10.1. The van der Waals surface area contributed by atoms with Crippen LogP contribution in [0.4, 0.5) is 13.2 Å². The minimum absolute atomic E-state index is 0.0204. The van der Waals surface area contributed by atoms with Crippen LogP contribution in [0.3, 0.4) is 0 Å². The Bertz CT molecular complexity index is 1410. The number of halogens is 3. The number of benzene rings is 4. The van der Waals surface area contributed by atoms with Crippen LogP contribution in [0.15, 0.2) is 72.8 Å². The predicted molar refractivity (Wildman–Crippen MR) is 124 cm³/mol. The van der Waals surface area contributed by atoms with E-state index in [0.717, 1.165) is 29.2 Å². The van der Waals surface area contributed by atoms with Gasteiger partial charge in [0, 0.05) is 34.7 Å². The van der Waals surface area contributed by atoms with Crippen molar-refractivity contribution in [3.05, 3.63) is 118 Å². The number of fused-ring (bicyclic) bond motifs is 1. The van der Waals surface area contributed by atoms with Crippen molar-refractivity contribution in [1.82, 2.24) is 0 Å². The van der Waals surface area contributed by atoms with Gasteiger partial charge in [-0.3, -0.25) is 0 Å². The van der Waals surface area contributed by atoms with Gasteiger partial charge in [0.25, 0.3) is 0 Å². The van der Waals surface area contributed by atoms with E-state index in [2.05, 4.69) is 23.7 Å². The van der Waals surface area contributed by atoms with E-state index in [1.54, 1.807) is 13.2 Å². The van der Waals surface area contributed by atoms with Crippen LogP contribution >= 0.6 is 0 Å². The van der Waals surface area contributed by atoms with Crippen LogP contribution in [0.5, 0.6) is 0 Å². The summed E-state index contributed by atoms with van der Waals surface area (Å²) >= 11 is 0. The summed E-state index contributed by atoms with van der Waals surface area (Å²) in [6, 6.07) is 21.1. The van der Waals surface area contributed by atoms with Crippen molar-refractivity contribution in [2.75, 3.05) is 13.7 Å². The summed E-state index contributed by atoms with van der Waals surface area (Å²) < 4.78 is 45.8. The molecule has 162 valence electrons. The molecule has 0 unspecified atom stereocenters. The van der Waals surface area contributed by atoms with E-state index in [4.69, 9.17) is 4.74 Å². The standard InChI is InChI=1S/C29H19F3O/c1-33-17-16-23-10-8-21(9-11-23)3-2-20-4-6-22(7-5-20)12-13-24-14-15-26-25(18-24)19-27(30)29(32)28(26)31/h4-11,14-15,18-19H,16-17H2,1H3. The third-order valence-corrected chi connectivity index (χ3v) is 5.11. The fraction of sp³-hybridized carbons (Fsp3) is 0.103. The quantitative estimate of drug-likeness (QED) is 0.270. The maximum absolute atomic E-state index is 13.8. The molecular weight excluding hydrogens is 421 g/mol. The number of hydrogen-bond donors (Lipinski definition) is 0. The Morgan fingerprint density at radius 3 is 1.73 bits per heavy atom. The van der Waals surface area contributed by atoms with Crippen molar-refractivity contribution in [2.24, 2.45) is 0 Å². The molecule has 0 aliphatic rings. The summed E-state index contributed by atoms with van der Waals surface area (Å²) in [6.45, 7) is 0.693. The molecular formula is C29H19F3O. The van der Waals surface area contributed by atoms with Gasteiger partial charge in [0.2, 0.25) is 0 Å².